The lowest BCUT2D eigenvalue weighted by atomic mass is 9.91. The molecule has 0 aromatic heterocycles. The predicted octanol–water partition coefficient (Wildman–Crippen LogP) is 6.23. The van der Waals surface area contributed by atoms with Gasteiger partial charge in [-0.15, -0.1) is 0 Å². The fraction of sp³-hybridized carbons (Fsp3) is 0.130. The van der Waals surface area contributed by atoms with Crippen LogP contribution < -0.4 is 0 Å². The molecule has 23 heavy (non-hydrogen) atoms. The Bertz CT molecular complexity index is 724. The molecular formula is C23H22. The average molecular weight is 298 g/mol. The van der Waals surface area contributed by atoms with Crippen molar-refractivity contribution < 1.29 is 0 Å². The van der Waals surface area contributed by atoms with Gasteiger partial charge < -0.3 is 0 Å². The lowest BCUT2D eigenvalue weighted by Gasteiger charge is -2.13. The number of allylic oxidation sites excluding steroid dienone is 1. The topological polar surface area (TPSA) is 0 Å². The molecule has 0 aliphatic carbocycles. The summed E-state index contributed by atoms with van der Waals surface area (Å²) in [5, 5.41) is 0. The second-order valence-electron chi connectivity index (χ2n) is 6.01. The van der Waals surface area contributed by atoms with Crippen LogP contribution in [0.2, 0.25) is 0 Å². The lowest BCUT2D eigenvalue weighted by molar-refractivity contribution is 0.968. The molecule has 0 heterocycles. The minimum Gasteiger partial charge on any atom is -0.0688 e. The Morgan fingerprint density at radius 1 is 0.696 bits per heavy atom. The van der Waals surface area contributed by atoms with Crippen LogP contribution in [0.4, 0.5) is 0 Å². The zero-order valence-corrected chi connectivity index (χ0v) is 13.7. The van der Waals surface area contributed by atoms with Crippen LogP contribution in [-0.2, 0) is 0 Å². The first-order valence-electron chi connectivity index (χ1n) is 8.13. The van der Waals surface area contributed by atoms with E-state index in [1.54, 1.807) is 0 Å². The quantitative estimate of drug-likeness (QED) is 0.535. The first-order valence-corrected chi connectivity index (χ1v) is 8.13. The smallest absolute Gasteiger partial charge is 0.000102 e. The highest BCUT2D eigenvalue weighted by atomic mass is 14.1. The second kappa shape index (κ2) is 7.11. The Morgan fingerprint density at radius 2 is 1.17 bits per heavy atom. The van der Waals surface area contributed by atoms with Crippen molar-refractivity contribution in [3.05, 3.63) is 113 Å². The Balaban J connectivity index is 2.03. The van der Waals surface area contributed by atoms with Crippen LogP contribution in [0.25, 0.3) is 5.57 Å². The zero-order chi connectivity index (χ0) is 16.1. The molecule has 3 rings (SSSR count). The normalized spacial score (nSPS) is 11.7. The van der Waals surface area contributed by atoms with E-state index in [1.165, 1.54) is 27.8 Å². The minimum absolute atomic E-state index is 0.367. The Hall–Kier alpha value is -2.60. The van der Waals surface area contributed by atoms with E-state index in [0.29, 0.717) is 5.92 Å². The van der Waals surface area contributed by atoms with Gasteiger partial charge in [0.05, 0.1) is 0 Å². The van der Waals surface area contributed by atoms with Gasteiger partial charge in [-0.1, -0.05) is 103 Å². The highest BCUT2D eigenvalue weighted by Gasteiger charge is 2.08. The molecule has 1 unspecified atom stereocenters. The van der Waals surface area contributed by atoms with Crippen LogP contribution in [0.3, 0.4) is 0 Å². The molecule has 0 bridgehead atoms. The van der Waals surface area contributed by atoms with Crippen molar-refractivity contribution in [3.8, 4) is 0 Å². The maximum absolute atomic E-state index is 2.37. The number of aryl methyl sites for hydroxylation is 1. The zero-order valence-electron chi connectivity index (χ0n) is 13.7. The highest BCUT2D eigenvalue weighted by Crippen LogP contribution is 2.28. The van der Waals surface area contributed by atoms with Crippen LogP contribution in [0, 0.1) is 6.92 Å². The van der Waals surface area contributed by atoms with Gasteiger partial charge in [-0.3, -0.25) is 0 Å². The SMILES string of the molecule is Cc1ccc(C(C)C=C(c2ccccc2)c2ccccc2)cc1. The van der Waals surface area contributed by atoms with Gasteiger partial charge in [0.1, 0.15) is 0 Å². The molecule has 0 saturated heterocycles. The molecule has 3 aromatic carbocycles. The summed E-state index contributed by atoms with van der Waals surface area (Å²) in [6, 6.07) is 30.1. The van der Waals surface area contributed by atoms with E-state index in [-0.39, 0.29) is 0 Å². The van der Waals surface area contributed by atoms with E-state index >= 15 is 0 Å². The molecule has 0 aliphatic rings. The fourth-order valence-electron chi connectivity index (χ4n) is 2.81. The van der Waals surface area contributed by atoms with Gasteiger partial charge in [-0.25, -0.2) is 0 Å². The third-order valence-corrected chi connectivity index (χ3v) is 4.19. The summed E-state index contributed by atoms with van der Waals surface area (Å²) in [6.07, 6.45) is 2.37. The van der Waals surface area contributed by atoms with Gasteiger partial charge in [0.15, 0.2) is 0 Å². The van der Waals surface area contributed by atoms with Crippen LogP contribution in [-0.4, -0.2) is 0 Å². The van der Waals surface area contributed by atoms with Gasteiger partial charge in [0.2, 0.25) is 0 Å². The lowest BCUT2D eigenvalue weighted by Crippen LogP contribution is -1.94. The number of hydrogen-bond donors (Lipinski definition) is 0. The van der Waals surface area contributed by atoms with Crippen LogP contribution in [0.15, 0.2) is 91.0 Å². The summed E-state index contributed by atoms with van der Waals surface area (Å²) in [6.45, 7) is 4.39. The van der Waals surface area contributed by atoms with Gasteiger partial charge in [0, 0.05) is 0 Å². The molecule has 0 N–H and O–H groups in total. The molecule has 0 radical (unpaired) electrons. The largest absolute Gasteiger partial charge is 0.0688 e. The van der Waals surface area contributed by atoms with Gasteiger partial charge >= 0.3 is 0 Å². The van der Waals surface area contributed by atoms with Crippen molar-refractivity contribution in [2.75, 3.05) is 0 Å². The van der Waals surface area contributed by atoms with E-state index < -0.39 is 0 Å². The van der Waals surface area contributed by atoms with Crippen LogP contribution in [0.1, 0.15) is 35.1 Å². The van der Waals surface area contributed by atoms with Crippen molar-refractivity contribution >= 4 is 5.57 Å². The molecule has 0 fully saturated rings. The van der Waals surface area contributed by atoms with E-state index in [2.05, 4.69) is 105 Å². The molecule has 0 heteroatoms. The maximum atomic E-state index is 2.37. The summed E-state index contributed by atoms with van der Waals surface area (Å²) in [5.74, 6) is 0.367. The average Bonchev–Trinajstić information content (AvgIpc) is 2.61. The first-order chi connectivity index (χ1) is 11.2. The van der Waals surface area contributed by atoms with Crippen molar-refractivity contribution in [2.45, 2.75) is 19.8 Å². The van der Waals surface area contributed by atoms with E-state index in [4.69, 9.17) is 0 Å². The molecule has 1 atom stereocenters. The van der Waals surface area contributed by atoms with Gasteiger partial charge in [-0.05, 0) is 35.1 Å². The van der Waals surface area contributed by atoms with Gasteiger partial charge in [0.25, 0.3) is 0 Å². The molecule has 0 spiro atoms. The summed E-state index contributed by atoms with van der Waals surface area (Å²) in [7, 11) is 0. The maximum Gasteiger partial charge on any atom is -0.000102 e. The Labute approximate surface area is 139 Å². The Morgan fingerprint density at radius 3 is 1.65 bits per heavy atom. The minimum atomic E-state index is 0.367. The Kier molecular flexibility index (Phi) is 4.73. The number of benzene rings is 3. The molecular weight excluding hydrogens is 276 g/mol. The highest BCUT2D eigenvalue weighted by molar-refractivity contribution is 5.80. The van der Waals surface area contributed by atoms with E-state index in [1.807, 2.05) is 0 Å². The third-order valence-electron chi connectivity index (χ3n) is 4.19. The van der Waals surface area contributed by atoms with Crippen molar-refractivity contribution in [1.82, 2.24) is 0 Å². The summed E-state index contributed by atoms with van der Waals surface area (Å²) < 4.78 is 0. The summed E-state index contributed by atoms with van der Waals surface area (Å²) in [5.41, 5.74) is 6.46. The van der Waals surface area contributed by atoms with Gasteiger partial charge in [-0.2, -0.15) is 0 Å². The van der Waals surface area contributed by atoms with Crippen molar-refractivity contribution in [1.29, 1.82) is 0 Å². The molecule has 0 amide bonds. The molecule has 0 aliphatic heterocycles. The number of rotatable bonds is 4. The van der Waals surface area contributed by atoms with Crippen molar-refractivity contribution in [2.24, 2.45) is 0 Å². The standard InChI is InChI=1S/C23H22/c1-18-13-15-20(16-14-18)19(2)17-23(21-9-5-3-6-10-21)22-11-7-4-8-12-22/h3-17,19H,1-2H3. The van der Waals surface area contributed by atoms with E-state index in [0.717, 1.165) is 0 Å². The van der Waals surface area contributed by atoms with Crippen molar-refractivity contribution in [3.63, 3.8) is 0 Å². The fourth-order valence-corrected chi connectivity index (χ4v) is 2.81. The first kappa shape index (κ1) is 15.3. The third kappa shape index (κ3) is 3.78. The monoisotopic (exact) mass is 298 g/mol. The molecule has 3 aromatic rings. The summed E-state index contributed by atoms with van der Waals surface area (Å²) >= 11 is 0. The molecule has 0 saturated carbocycles. The molecule has 0 nitrogen and oxygen atoms in total. The second-order valence-corrected chi connectivity index (χ2v) is 6.01. The molecule has 114 valence electrons. The number of hydrogen-bond acceptors (Lipinski definition) is 0. The van der Waals surface area contributed by atoms with E-state index in [9.17, 15) is 0 Å². The van der Waals surface area contributed by atoms with Crippen LogP contribution in [0.5, 0.6) is 0 Å². The summed E-state index contributed by atoms with van der Waals surface area (Å²) in [4.78, 5) is 0. The predicted molar refractivity (Wildman–Crippen MR) is 99.6 cm³/mol. The van der Waals surface area contributed by atoms with Crippen LogP contribution >= 0.6 is 0 Å².